The van der Waals surface area contributed by atoms with Crippen molar-refractivity contribution in [1.29, 1.82) is 0 Å². The average molecular weight is 419 g/mol. The van der Waals surface area contributed by atoms with Crippen molar-refractivity contribution >= 4 is 23.4 Å². The number of ether oxygens (including phenoxy) is 1. The molecular formula is C21H23ClN2O5. The molecule has 154 valence electrons. The molecule has 0 spiro atoms. The van der Waals surface area contributed by atoms with Gasteiger partial charge in [0, 0.05) is 12.1 Å². The van der Waals surface area contributed by atoms with E-state index in [0.717, 1.165) is 5.56 Å². The molecule has 29 heavy (non-hydrogen) atoms. The number of rotatable bonds is 6. The summed E-state index contributed by atoms with van der Waals surface area (Å²) in [6.45, 7) is 1.55. The lowest BCUT2D eigenvalue weighted by Crippen LogP contribution is -2.53. The number of nitrogens with one attached hydrogen (secondary N) is 2. The number of carbonyl (C=O) groups excluding carboxylic acids is 2. The second-order valence-corrected chi connectivity index (χ2v) is 7.54. The van der Waals surface area contributed by atoms with Crippen molar-refractivity contribution in [3.63, 3.8) is 0 Å². The second kappa shape index (κ2) is 8.92. The highest BCUT2D eigenvalue weighted by atomic mass is 35.5. The first-order chi connectivity index (χ1) is 13.8. The standard InChI is InChI=1S/C21H23ClN2O5/c1-13-6-8-14(9-7-13)19(26)24-11-21(28)12-29-17(18(21)25)10-23-20(27)15-4-2-3-5-16(15)22/h2-9,17-18,25,28H,10-12H2,1H3,(H,23,27)(H,24,26)/t17-,18-,21+/m1/s1. The summed E-state index contributed by atoms with van der Waals surface area (Å²) in [7, 11) is 0. The first-order valence-electron chi connectivity index (χ1n) is 9.20. The fourth-order valence-corrected chi connectivity index (χ4v) is 3.30. The molecule has 0 saturated carbocycles. The van der Waals surface area contributed by atoms with Gasteiger partial charge in [0.1, 0.15) is 17.8 Å². The summed E-state index contributed by atoms with van der Waals surface area (Å²) in [4.78, 5) is 24.5. The summed E-state index contributed by atoms with van der Waals surface area (Å²) in [6.07, 6.45) is -2.10. The number of amides is 2. The van der Waals surface area contributed by atoms with E-state index in [1.165, 1.54) is 0 Å². The van der Waals surface area contributed by atoms with Gasteiger partial charge in [0.05, 0.1) is 23.7 Å². The van der Waals surface area contributed by atoms with Crippen LogP contribution in [0, 0.1) is 6.92 Å². The molecule has 0 radical (unpaired) electrons. The Morgan fingerprint density at radius 1 is 1.14 bits per heavy atom. The molecule has 1 aliphatic rings. The van der Waals surface area contributed by atoms with Crippen molar-refractivity contribution < 1.29 is 24.5 Å². The number of halogens is 1. The number of benzene rings is 2. The lowest BCUT2D eigenvalue weighted by Gasteiger charge is -2.26. The van der Waals surface area contributed by atoms with Crippen molar-refractivity contribution in [2.45, 2.75) is 24.7 Å². The Kier molecular flexibility index (Phi) is 6.54. The van der Waals surface area contributed by atoms with Gasteiger partial charge < -0.3 is 25.6 Å². The van der Waals surface area contributed by atoms with Crippen LogP contribution in [0.1, 0.15) is 26.3 Å². The molecule has 2 aromatic carbocycles. The molecule has 0 bridgehead atoms. The van der Waals surface area contributed by atoms with Crippen molar-refractivity contribution in [2.75, 3.05) is 19.7 Å². The maximum absolute atomic E-state index is 12.2. The van der Waals surface area contributed by atoms with E-state index in [1.807, 2.05) is 19.1 Å². The highest BCUT2D eigenvalue weighted by Crippen LogP contribution is 2.24. The molecule has 1 aliphatic heterocycles. The van der Waals surface area contributed by atoms with Gasteiger partial charge in [-0.15, -0.1) is 0 Å². The van der Waals surface area contributed by atoms with E-state index in [1.54, 1.807) is 36.4 Å². The van der Waals surface area contributed by atoms with Gasteiger partial charge in [-0.1, -0.05) is 41.4 Å². The summed E-state index contributed by atoms with van der Waals surface area (Å²) in [5.74, 6) is -0.768. The molecule has 0 aromatic heterocycles. The zero-order valence-corrected chi connectivity index (χ0v) is 16.6. The van der Waals surface area contributed by atoms with Crippen LogP contribution in [0.15, 0.2) is 48.5 Å². The van der Waals surface area contributed by atoms with Gasteiger partial charge in [-0.2, -0.15) is 0 Å². The monoisotopic (exact) mass is 418 g/mol. The van der Waals surface area contributed by atoms with Gasteiger partial charge in [-0.05, 0) is 31.2 Å². The third-order valence-electron chi connectivity index (χ3n) is 4.90. The number of hydrogen-bond acceptors (Lipinski definition) is 5. The highest BCUT2D eigenvalue weighted by molar-refractivity contribution is 6.33. The Hall–Kier alpha value is -2.45. The number of aryl methyl sites for hydroxylation is 1. The van der Waals surface area contributed by atoms with Gasteiger partial charge in [0.25, 0.3) is 11.8 Å². The van der Waals surface area contributed by atoms with Crippen molar-refractivity contribution in [3.05, 3.63) is 70.2 Å². The first-order valence-corrected chi connectivity index (χ1v) is 9.57. The molecule has 1 heterocycles. The molecule has 4 N–H and O–H groups in total. The van der Waals surface area contributed by atoms with E-state index < -0.39 is 23.7 Å². The fourth-order valence-electron chi connectivity index (χ4n) is 3.07. The van der Waals surface area contributed by atoms with Crippen LogP contribution in [0.25, 0.3) is 0 Å². The zero-order chi connectivity index (χ0) is 21.0. The normalized spacial score (nSPS) is 23.6. The van der Waals surface area contributed by atoms with Crippen molar-refractivity contribution in [3.8, 4) is 0 Å². The number of aliphatic hydroxyl groups excluding tert-OH is 1. The maximum Gasteiger partial charge on any atom is 0.252 e. The minimum absolute atomic E-state index is 0.0144. The van der Waals surface area contributed by atoms with Gasteiger partial charge >= 0.3 is 0 Å². The molecule has 2 aromatic rings. The van der Waals surface area contributed by atoms with Crippen LogP contribution in [0.3, 0.4) is 0 Å². The number of carbonyl (C=O) groups is 2. The molecule has 1 saturated heterocycles. The Morgan fingerprint density at radius 3 is 2.52 bits per heavy atom. The number of hydrogen-bond donors (Lipinski definition) is 4. The van der Waals surface area contributed by atoms with E-state index >= 15 is 0 Å². The summed E-state index contributed by atoms with van der Waals surface area (Å²) in [5.41, 5.74) is 0.139. The topological polar surface area (TPSA) is 108 Å². The van der Waals surface area contributed by atoms with E-state index in [0.29, 0.717) is 16.1 Å². The lowest BCUT2D eigenvalue weighted by molar-refractivity contribution is -0.0464. The van der Waals surface area contributed by atoms with Gasteiger partial charge in [-0.3, -0.25) is 9.59 Å². The SMILES string of the molecule is Cc1ccc(C(=O)NC[C@]2(O)CO[C@H](CNC(=O)c3ccccc3Cl)[C@H]2O)cc1. The molecule has 3 atom stereocenters. The quantitative estimate of drug-likeness (QED) is 0.565. The Bertz CT molecular complexity index is 889. The van der Waals surface area contributed by atoms with E-state index in [9.17, 15) is 19.8 Å². The Balaban J connectivity index is 1.53. The van der Waals surface area contributed by atoms with Crippen LogP contribution in [-0.2, 0) is 4.74 Å². The van der Waals surface area contributed by atoms with Crippen LogP contribution in [-0.4, -0.2) is 59.5 Å². The molecule has 3 rings (SSSR count). The zero-order valence-electron chi connectivity index (χ0n) is 15.9. The molecule has 0 aliphatic carbocycles. The highest BCUT2D eigenvalue weighted by Gasteiger charge is 2.48. The first kappa shape index (κ1) is 21.3. The molecule has 1 fully saturated rings. The third kappa shape index (κ3) is 4.94. The van der Waals surface area contributed by atoms with E-state index in [-0.39, 0.29) is 25.6 Å². The van der Waals surface area contributed by atoms with Crippen LogP contribution in [0.2, 0.25) is 5.02 Å². The largest absolute Gasteiger partial charge is 0.387 e. The Labute approximate surface area is 173 Å². The summed E-state index contributed by atoms with van der Waals surface area (Å²) < 4.78 is 5.45. The molecule has 0 unspecified atom stereocenters. The minimum atomic E-state index is -1.65. The fraction of sp³-hybridized carbons (Fsp3) is 0.333. The Morgan fingerprint density at radius 2 is 1.83 bits per heavy atom. The summed E-state index contributed by atoms with van der Waals surface area (Å²) in [6, 6.07) is 13.6. The predicted molar refractivity (Wildman–Crippen MR) is 108 cm³/mol. The van der Waals surface area contributed by atoms with Crippen molar-refractivity contribution in [1.82, 2.24) is 10.6 Å². The summed E-state index contributed by atoms with van der Waals surface area (Å²) >= 11 is 6.00. The average Bonchev–Trinajstić information content (AvgIpc) is 3.00. The van der Waals surface area contributed by atoms with Crippen molar-refractivity contribution in [2.24, 2.45) is 0 Å². The second-order valence-electron chi connectivity index (χ2n) is 7.14. The van der Waals surface area contributed by atoms with Crippen LogP contribution < -0.4 is 10.6 Å². The van der Waals surface area contributed by atoms with Gasteiger partial charge in [0.15, 0.2) is 0 Å². The predicted octanol–water partition coefficient (Wildman–Crippen LogP) is 1.30. The molecule has 2 amide bonds. The van der Waals surface area contributed by atoms with E-state index in [4.69, 9.17) is 16.3 Å². The van der Waals surface area contributed by atoms with Gasteiger partial charge in [0.2, 0.25) is 0 Å². The lowest BCUT2D eigenvalue weighted by atomic mass is 9.96. The van der Waals surface area contributed by atoms with E-state index in [2.05, 4.69) is 10.6 Å². The third-order valence-corrected chi connectivity index (χ3v) is 5.23. The minimum Gasteiger partial charge on any atom is -0.387 e. The molecule has 8 heteroatoms. The molecular weight excluding hydrogens is 396 g/mol. The van der Waals surface area contributed by atoms with Gasteiger partial charge in [-0.25, -0.2) is 0 Å². The van der Waals surface area contributed by atoms with Crippen LogP contribution in [0.5, 0.6) is 0 Å². The number of aliphatic hydroxyl groups is 2. The smallest absolute Gasteiger partial charge is 0.252 e. The summed E-state index contributed by atoms with van der Waals surface area (Å²) in [5, 5.41) is 26.7. The van der Waals surface area contributed by atoms with Crippen LogP contribution >= 0.6 is 11.6 Å². The molecule has 7 nitrogen and oxygen atoms in total. The maximum atomic E-state index is 12.2. The van der Waals surface area contributed by atoms with Crippen LogP contribution in [0.4, 0.5) is 0 Å².